The Kier molecular flexibility index (Phi) is 6.92. The van der Waals surface area contributed by atoms with E-state index in [4.69, 9.17) is 12.2 Å². The van der Waals surface area contributed by atoms with Gasteiger partial charge in [-0.1, -0.05) is 74.2 Å². The zero-order valence-electron chi connectivity index (χ0n) is 18.3. The molecule has 0 bridgehead atoms. The Morgan fingerprint density at radius 1 is 1.15 bits per heavy atom. The highest BCUT2D eigenvalue weighted by Crippen LogP contribution is 2.33. The van der Waals surface area contributed by atoms with Crippen molar-refractivity contribution in [2.45, 2.75) is 20.0 Å². The van der Waals surface area contributed by atoms with Gasteiger partial charge in [-0.3, -0.25) is 18.9 Å². The number of hydrogen-bond donors (Lipinski definition) is 2. The number of amides is 1. The summed E-state index contributed by atoms with van der Waals surface area (Å²) in [5.41, 5.74) is 1.14. The molecule has 33 heavy (non-hydrogen) atoms. The van der Waals surface area contributed by atoms with Gasteiger partial charge in [0.15, 0.2) is 0 Å². The summed E-state index contributed by atoms with van der Waals surface area (Å²) in [6.45, 7) is 4.70. The SMILES string of the molecule is CC(C)CN1C(=O)/C(=C/c2c(NCC(O)c3ccccc3)nc3ccccn3c2=O)SC1=S. The summed E-state index contributed by atoms with van der Waals surface area (Å²) in [6.07, 6.45) is 2.39. The summed E-state index contributed by atoms with van der Waals surface area (Å²) in [5, 5.41) is 13.7. The monoisotopic (exact) mass is 480 g/mol. The zero-order valence-corrected chi connectivity index (χ0v) is 19.9. The molecule has 1 atom stereocenters. The van der Waals surface area contributed by atoms with E-state index < -0.39 is 6.10 Å². The van der Waals surface area contributed by atoms with E-state index in [1.807, 2.05) is 44.2 Å². The van der Waals surface area contributed by atoms with Gasteiger partial charge in [0.1, 0.15) is 15.8 Å². The molecule has 9 heteroatoms. The van der Waals surface area contributed by atoms with Crippen molar-refractivity contribution >= 4 is 51.7 Å². The van der Waals surface area contributed by atoms with Gasteiger partial charge in [-0.2, -0.15) is 0 Å². The lowest BCUT2D eigenvalue weighted by atomic mass is 10.1. The summed E-state index contributed by atoms with van der Waals surface area (Å²) in [4.78, 5) is 32.8. The Labute approximate surface area is 201 Å². The number of nitrogens with zero attached hydrogens (tertiary/aromatic N) is 3. The number of rotatable bonds is 7. The van der Waals surface area contributed by atoms with Gasteiger partial charge in [-0.25, -0.2) is 4.98 Å². The maximum absolute atomic E-state index is 13.3. The molecule has 3 aromatic rings. The van der Waals surface area contributed by atoms with Crippen LogP contribution in [0.2, 0.25) is 0 Å². The summed E-state index contributed by atoms with van der Waals surface area (Å²) in [5.74, 6) is 0.346. The first-order valence-electron chi connectivity index (χ1n) is 10.6. The van der Waals surface area contributed by atoms with Crippen LogP contribution in [0.3, 0.4) is 0 Å². The summed E-state index contributed by atoms with van der Waals surface area (Å²) >= 11 is 6.57. The molecule has 0 saturated carbocycles. The Morgan fingerprint density at radius 2 is 1.88 bits per heavy atom. The average Bonchev–Trinajstić information content (AvgIpc) is 3.07. The first-order valence-corrected chi connectivity index (χ1v) is 11.8. The van der Waals surface area contributed by atoms with E-state index in [0.717, 1.165) is 5.56 Å². The van der Waals surface area contributed by atoms with E-state index >= 15 is 0 Å². The summed E-state index contributed by atoms with van der Waals surface area (Å²) in [6, 6.07) is 14.5. The number of nitrogens with one attached hydrogen (secondary N) is 1. The lowest BCUT2D eigenvalue weighted by Crippen LogP contribution is -2.31. The number of aliphatic hydroxyl groups is 1. The molecule has 1 fully saturated rings. The van der Waals surface area contributed by atoms with Crippen molar-refractivity contribution in [2.75, 3.05) is 18.4 Å². The van der Waals surface area contributed by atoms with Crippen LogP contribution in [0.25, 0.3) is 11.7 Å². The Morgan fingerprint density at radius 3 is 2.61 bits per heavy atom. The van der Waals surface area contributed by atoms with Crippen LogP contribution in [0, 0.1) is 5.92 Å². The van der Waals surface area contributed by atoms with Crippen LogP contribution in [0.1, 0.15) is 31.1 Å². The van der Waals surface area contributed by atoms with E-state index in [2.05, 4.69) is 10.3 Å². The van der Waals surface area contributed by atoms with Gasteiger partial charge in [-0.05, 0) is 29.7 Å². The van der Waals surface area contributed by atoms with Crippen molar-refractivity contribution in [3.63, 3.8) is 0 Å². The molecule has 3 heterocycles. The largest absolute Gasteiger partial charge is 0.387 e. The number of aliphatic hydroxyl groups excluding tert-OH is 1. The molecule has 0 spiro atoms. The molecule has 1 aliphatic heterocycles. The number of hydrogen-bond acceptors (Lipinski definition) is 7. The Hall–Kier alpha value is -3.01. The van der Waals surface area contributed by atoms with Gasteiger partial charge in [0.05, 0.1) is 16.6 Å². The maximum atomic E-state index is 13.3. The summed E-state index contributed by atoms with van der Waals surface area (Å²) < 4.78 is 1.90. The molecule has 2 aromatic heterocycles. The van der Waals surface area contributed by atoms with Crippen LogP contribution in [0.5, 0.6) is 0 Å². The average molecular weight is 481 g/mol. The second kappa shape index (κ2) is 9.86. The van der Waals surface area contributed by atoms with Gasteiger partial charge < -0.3 is 10.4 Å². The normalized spacial score (nSPS) is 16.2. The van der Waals surface area contributed by atoms with Crippen LogP contribution in [0.4, 0.5) is 5.82 Å². The molecule has 0 aliphatic carbocycles. The van der Waals surface area contributed by atoms with Crippen molar-refractivity contribution in [3.05, 3.63) is 81.1 Å². The zero-order chi connectivity index (χ0) is 23.5. The molecular formula is C24H24N4O3S2. The molecule has 4 rings (SSSR count). The summed E-state index contributed by atoms with van der Waals surface area (Å²) in [7, 11) is 0. The number of benzene rings is 1. The fourth-order valence-corrected chi connectivity index (χ4v) is 4.76. The highest BCUT2D eigenvalue weighted by molar-refractivity contribution is 8.26. The number of aromatic nitrogens is 2. The molecule has 1 aromatic carbocycles. The van der Waals surface area contributed by atoms with Crippen molar-refractivity contribution < 1.29 is 9.90 Å². The lowest BCUT2D eigenvalue weighted by molar-refractivity contribution is -0.122. The quantitative estimate of drug-likeness (QED) is 0.394. The molecular weight excluding hydrogens is 456 g/mol. The predicted molar refractivity (Wildman–Crippen MR) is 136 cm³/mol. The minimum absolute atomic E-state index is 0.147. The third kappa shape index (κ3) is 5.00. The number of pyridine rings is 1. The van der Waals surface area contributed by atoms with Crippen molar-refractivity contribution in [1.29, 1.82) is 0 Å². The lowest BCUT2D eigenvalue weighted by Gasteiger charge is -2.16. The number of thiocarbonyl (C=S) groups is 1. The fraction of sp³-hybridized carbons (Fsp3) is 0.250. The topological polar surface area (TPSA) is 86.9 Å². The molecule has 1 aliphatic rings. The van der Waals surface area contributed by atoms with Crippen LogP contribution in [0.15, 0.2) is 64.4 Å². The molecule has 1 unspecified atom stereocenters. The first-order chi connectivity index (χ1) is 15.8. The number of carbonyl (C=O) groups excluding carboxylic acids is 1. The maximum Gasteiger partial charge on any atom is 0.267 e. The minimum Gasteiger partial charge on any atom is -0.387 e. The highest BCUT2D eigenvalue weighted by Gasteiger charge is 2.33. The number of carbonyl (C=O) groups is 1. The highest BCUT2D eigenvalue weighted by atomic mass is 32.2. The minimum atomic E-state index is -0.792. The molecule has 0 radical (unpaired) electrons. The predicted octanol–water partition coefficient (Wildman–Crippen LogP) is 3.70. The van der Waals surface area contributed by atoms with E-state index in [-0.39, 0.29) is 29.5 Å². The van der Waals surface area contributed by atoms with E-state index in [0.29, 0.717) is 27.2 Å². The van der Waals surface area contributed by atoms with Crippen LogP contribution < -0.4 is 10.9 Å². The number of anilines is 1. The molecule has 1 amide bonds. The standard InChI is InChI=1S/C24H24N4O3S2/c1-15(2)14-28-23(31)19(33-24(28)32)12-17-21(25-13-18(29)16-8-4-3-5-9-16)26-20-10-6-7-11-27(20)22(17)30/h3-12,15,18,25,29H,13-14H2,1-2H3/b19-12-. The third-order valence-corrected chi connectivity index (χ3v) is 6.49. The molecule has 2 N–H and O–H groups in total. The van der Waals surface area contributed by atoms with Crippen molar-refractivity contribution in [1.82, 2.24) is 14.3 Å². The fourth-order valence-electron chi connectivity index (χ4n) is 3.51. The van der Waals surface area contributed by atoms with E-state index in [1.165, 1.54) is 16.2 Å². The van der Waals surface area contributed by atoms with Gasteiger partial charge in [-0.15, -0.1) is 0 Å². The molecule has 1 saturated heterocycles. The van der Waals surface area contributed by atoms with Gasteiger partial charge in [0, 0.05) is 19.3 Å². The van der Waals surface area contributed by atoms with Crippen molar-refractivity contribution in [2.24, 2.45) is 5.92 Å². The molecule has 170 valence electrons. The third-order valence-electron chi connectivity index (χ3n) is 5.11. The van der Waals surface area contributed by atoms with Crippen LogP contribution in [-0.4, -0.2) is 42.7 Å². The smallest absolute Gasteiger partial charge is 0.267 e. The van der Waals surface area contributed by atoms with Gasteiger partial charge >= 0.3 is 0 Å². The number of fused-ring (bicyclic) bond motifs is 1. The van der Waals surface area contributed by atoms with E-state index in [1.54, 1.807) is 35.4 Å². The van der Waals surface area contributed by atoms with Crippen molar-refractivity contribution in [3.8, 4) is 0 Å². The van der Waals surface area contributed by atoms with Gasteiger partial charge in [0.25, 0.3) is 11.5 Å². The molecule has 7 nitrogen and oxygen atoms in total. The second-order valence-electron chi connectivity index (χ2n) is 8.10. The van der Waals surface area contributed by atoms with Crippen LogP contribution in [-0.2, 0) is 4.79 Å². The Balaban J connectivity index is 1.71. The van der Waals surface area contributed by atoms with E-state index in [9.17, 15) is 14.7 Å². The second-order valence-corrected chi connectivity index (χ2v) is 9.78. The van der Waals surface area contributed by atoms with Crippen LogP contribution >= 0.6 is 24.0 Å². The number of thioether (sulfide) groups is 1. The Bertz CT molecular complexity index is 1290. The van der Waals surface area contributed by atoms with Gasteiger partial charge in [0.2, 0.25) is 0 Å². The first kappa shape index (κ1) is 23.2.